The van der Waals surface area contributed by atoms with Crippen molar-refractivity contribution in [3.8, 4) is 0 Å². The van der Waals surface area contributed by atoms with Gasteiger partial charge in [-0.1, -0.05) is 53.7 Å². The van der Waals surface area contributed by atoms with Gasteiger partial charge in [0.25, 0.3) is 6.29 Å². The minimum Gasteiger partial charge on any atom is -0.376 e. The third-order valence-electron chi connectivity index (χ3n) is 5.53. The number of methoxy groups -OCH3 is 3. The zero-order chi connectivity index (χ0) is 24.7. The van der Waals surface area contributed by atoms with Gasteiger partial charge in [-0.2, -0.15) is 13.2 Å². The van der Waals surface area contributed by atoms with Gasteiger partial charge in [0.2, 0.25) is 0 Å². The van der Waals surface area contributed by atoms with Crippen LogP contribution < -0.4 is 0 Å². The van der Waals surface area contributed by atoms with Crippen LogP contribution in [0.4, 0.5) is 13.2 Å². The summed E-state index contributed by atoms with van der Waals surface area (Å²) in [4.78, 5) is 5.54. The van der Waals surface area contributed by atoms with Crippen LogP contribution in [0.5, 0.6) is 0 Å². The summed E-state index contributed by atoms with van der Waals surface area (Å²) in [5.41, 5.74) is 1.39. The van der Waals surface area contributed by atoms with Crippen molar-refractivity contribution in [1.82, 2.24) is 0 Å². The first-order valence-electron chi connectivity index (χ1n) is 10.6. The summed E-state index contributed by atoms with van der Waals surface area (Å²) in [5, 5.41) is 4.02. The lowest BCUT2D eigenvalue weighted by molar-refractivity contribution is -0.305. The van der Waals surface area contributed by atoms with Gasteiger partial charge in [0.05, 0.1) is 17.9 Å². The average Bonchev–Trinajstić information content (AvgIpc) is 2.82. The molecule has 1 saturated heterocycles. The molecule has 0 spiro atoms. The third-order valence-corrected chi connectivity index (χ3v) is 5.53. The molecule has 0 aliphatic carbocycles. The Morgan fingerprint density at radius 1 is 0.824 bits per heavy atom. The van der Waals surface area contributed by atoms with E-state index >= 15 is 0 Å². The fourth-order valence-corrected chi connectivity index (χ4v) is 3.76. The molecule has 0 radical (unpaired) electrons. The van der Waals surface area contributed by atoms with Gasteiger partial charge in [-0.3, -0.25) is 0 Å². The van der Waals surface area contributed by atoms with Crippen LogP contribution in [-0.4, -0.2) is 58.2 Å². The molecule has 34 heavy (non-hydrogen) atoms. The number of alkyl halides is 3. The quantitative estimate of drug-likeness (QED) is 0.303. The van der Waals surface area contributed by atoms with E-state index in [1.54, 1.807) is 32.4 Å². The van der Waals surface area contributed by atoms with Crippen LogP contribution in [-0.2, 0) is 30.0 Å². The molecule has 0 aromatic heterocycles. The standard InChI is InChI=1S/C25H28F3NO5/c1-16-21(30-2)22(31-3)23(32-4)24(33-16)34-29-15-19-12-9-17(10-13-19)8-11-18-6-5-7-20(14-18)25(26,27)28/h5-16,21-24H,1-4H3/t16?,21?,22?,23?,24-/m0/s1. The summed E-state index contributed by atoms with van der Waals surface area (Å²) < 4.78 is 60.9. The Morgan fingerprint density at radius 2 is 1.44 bits per heavy atom. The number of hydrogen-bond donors (Lipinski definition) is 0. The summed E-state index contributed by atoms with van der Waals surface area (Å²) in [7, 11) is 4.69. The highest BCUT2D eigenvalue weighted by Gasteiger charge is 2.46. The van der Waals surface area contributed by atoms with Gasteiger partial charge >= 0.3 is 6.18 Å². The summed E-state index contributed by atoms with van der Waals surface area (Å²) in [5.74, 6) is 0. The largest absolute Gasteiger partial charge is 0.416 e. The van der Waals surface area contributed by atoms with Crippen LogP contribution >= 0.6 is 0 Å². The number of rotatable bonds is 8. The van der Waals surface area contributed by atoms with E-state index in [4.69, 9.17) is 23.8 Å². The van der Waals surface area contributed by atoms with Crippen LogP contribution in [0.15, 0.2) is 53.7 Å². The lowest BCUT2D eigenvalue weighted by Gasteiger charge is -2.42. The van der Waals surface area contributed by atoms with E-state index in [1.807, 2.05) is 31.2 Å². The van der Waals surface area contributed by atoms with Crippen molar-refractivity contribution >= 4 is 18.4 Å². The summed E-state index contributed by atoms with van der Waals surface area (Å²) in [6, 6.07) is 12.4. The van der Waals surface area contributed by atoms with Crippen molar-refractivity contribution in [1.29, 1.82) is 0 Å². The highest BCUT2D eigenvalue weighted by Crippen LogP contribution is 2.30. The van der Waals surface area contributed by atoms with Gasteiger partial charge < -0.3 is 23.8 Å². The lowest BCUT2D eigenvalue weighted by Crippen LogP contribution is -2.59. The maximum Gasteiger partial charge on any atom is 0.416 e. The Bertz CT molecular complexity index is 977. The Hall–Kier alpha value is -2.72. The van der Waals surface area contributed by atoms with Gasteiger partial charge in [0.1, 0.15) is 12.2 Å². The van der Waals surface area contributed by atoms with Gasteiger partial charge in [-0.15, -0.1) is 0 Å². The van der Waals surface area contributed by atoms with E-state index in [9.17, 15) is 13.2 Å². The van der Waals surface area contributed by atoms with Crippen molar-refractivity contribution in [2.75, 3.05) is 21.3 Å². The Morgan fingerprint density at radius 3 is 2.06 bits per heavy atom. The Balaban J connectivity index is 1.61. The highest BCUT2D eigenvalue weighted by atomic mass is 19.4. The normalized spacial score (nSPS) is 25.8. The third kappa shape index (κ3) is 6.44. The van der Waals surface area contributed by atoms with Crippen LogP contribution in [0.1, 0.15) is 29.2 Å². The minimum atomic E-state index is -4.37. The van der Waals surface area contributed by atoms with E-state index in [0.29, 0.717) is 5.56 Å². The molecular formula is C25H28F3NO5. The molecule has 0 bridgehead atoms. The van der Waals surface area contributed by atoms with Crippen molar-refractivity contribution in [3.63, 3.8) is 0 Å². The SMILES string of the molecule is COC1C(C)O[C@@H](ON=Cc2ccc(C=Cc3cccc(C(F)(F)F)c3)cc2)C(OC)C1OC. The maximum absolute atomic E-state index is 12.9. The number of hydrogen-bond acceptors (Lipinski definition) is 6. The molecule has 5 atom stereocenters. The zero-order valence-corrected chi connectivity index (χ0v) is 19.4. The monoisotopic (exact) mass is 479 g/mol. The Labute approximate surface area is 196 Å². The highest BCUT2D eigenvalue weighted by molar-refractivity contribution is 5.80. The molecular weight excluding hydrogens is 451 g/mol. The number of benzene rings is 2. The fourth-order valence-electron chi connectivity index (χ4n) is 3.76. The van der Waals surface area contributed by atoms with Crippen LogP contribution in [0.2, 0.25) is 0 Å². The fraction of sp³-hybridized carbons (Fsp3) is 0.400. The molecule has 0 amide bonds. The molecule has 1 fully saturated rings. The van der Waals surface area contributed by atoms with Crippen LogP contribution in [0, 0.1) is 0 Å². The first-order chi connectivity index (χ1) is 16.3. The molecule has 2 aromatic rings. The molecule has 1 heterocycles. The van der Waals surface area contributed by atoms with E-state index in [2.05, 4.69) is 5.16 Å². The molecule has 1 aliphatic heterocycles. The average molecular weight is 479 g/mol. The van der Waals surface area contributed by atoms with Gasteiger partial charge in [-0.25, -0.2) is 0 Å². The molecule has 1 aliphatic rings. The molecule has 3 rings (SSSR count). The van der Waals surface area contributed by atoms with Gasteiger partial charge in [0.15, 0.2) is 6.10 Å². The molecule has 4 unspecified atom stereocenters. The number of halogens is 3. The zero-order valence-electron chi connectivity index (χ0n) is 19.4. The smallest absolute Gasteiger partial charge is 0.376 e. The summed E-state index contributed by atoms with van der Waals surface area (Å²) in [6.07, 6.45) is -1.76. The molecule has 9 heteroatoms. The second kappa shape index (κ2) is 11.6. The maximum atomic E-state index is 12.9. The molecule has 6 nitrogen and oxygen atoms in total. The van der Waals surface area contributed by atoms with Crippen molar-refractivity contribution in [3.05, 3.63) is 70.8 Å². The predicted octanol–water partition coefficient (Wildman–Crippen LogP) is 5.02. The number of oxime groups is 1. The molecule has 184 valence electrons. The second-order valence-corrected chi connectivity index (χ2v) is 7.77. The first kappa shape index (κ1) is 25.9. The van der Waals surface area contributed by atoms with Crippen molar-refractivity contribution < 1.29 is 37.0 Å². The predicted molar refractivity (Wildman–Crippen MR) is 122 cm³/mol. The molecule has 0 saturated carbocycles. The van der Waals surface area contributed by atoms with E-state index < -0.39 is 24.1 Å². The van der Waals surface area contributed by atoms with Crippen LogP contribution in [0.25, 0.3) is 12.2 Å². The van der Waals surface area contributed by atoms with Crippen LogP contribution in [0.3, 0.4) is 0 Å². The Kier molecular flexibility index (Phi) is 8.84. The van der Waals surface area contributed by atoms with E-state index in [1.165, 1.54) is 19.4 Å². The second-order valence-electron chi connectivity index (χ2n) is 7.77. The molecule has 0 N–H and O–H groups in total. The van der Waals surface area contributed by atoms with Crippen molar-refractivity contribution in [2.24, 2.45) is 5.16 Å². The minimum absolute atomic E-state index is 0.288. The first-order valence-corrected chi connectivity index (χ1v) is 10.6. The van der Waals surface area contributed by atoms with E-state index in [-0.39, 0.29) is 18.3 Å². The topological polar surface area (TPSA) is 58.5 Å². The van der Waals surface area contributed by atoms with Gasteiger partial charge in [0, 0.05) is 21.3 Å². The van der Waals surface area contributed by atoms with Gasteiger partial charge in [-0.05, 0) is 35.7 Å². The number of nitrogens with zero attached hydrogens (tertiary/aromatic N) is 1. The van der Waals surface area contributed by atoms with Crippen molar-refractivity contribution in [2.45, 2.75) is 43.8 Å². The summed E-state index contributed by atoms with van der Waals surface area (Å²) in [6.45, 7) is 1.86. The lowest BCUT2D eigenvalue weighted by atomic mass is 9.99. The summed E-state index contributed by atoms with van der Waals surface area (Å²) >= 11 is 0. The van der Waals surface area contributed by atoms with E-state index in [0.717, 1.165) is 23.3 Å². The molecule has 2 aromatic carbocycles. The number of ether oxygens (including phenoxy) is 4.